The Morgan fingerprint density at radius 3 is 2.06 bits per heavy atom. The number of hydrogen-bond acceptors (Lipinski definition) is 6. The minimum Gasteiger partial charge on any atom is -0.376 e. The van der Waals surface area contributed by atoms with Crippen molar-refractivity contribution >= 4 is 37.4 Å². The zero-order valence-corrected chi connectivity index (χ0v) is 18.1. The minimum absolute atomic E-state index is 0.0289. The summed E-state index contributed by atoms with van der Waals surface area (Å²) in [5.74, 6) is -1.73. The molecule has 0 bridgehead atoms. The van der Waals surface area contributed by atoms with Crippen LogP contribution < -0.4 is 0 Å². The van der Waals surface area contributed by atoms with Crippen molar-refractivity contribution < 1.29 is 35.1 Å². The van der Waals surface area contributed by atoms with Crippen LogP contribution in [0.25, 0.3) is 6.08 Å². The molecule has 1 N–H and O–H groups in total. The Bertz CT molecular complexity index is 1270. The molecule has 2 aromatic rings. The molecule has 1 atom stereocenters. The van der Waals surface area contributed by atoms with Crippen LogP contribution in [0.2, 0.25) is 5.02 Å². The summed E-state index contributed by atoms with van der Waals surface area (Å²) in [6, 6.07) is 9.10. The van der Waals surface area contributed by atoms with Gasteiger partial charge in [-0.25, -0.2) is 16.8 Å². The SMILES string of the molecule is CS(=O)(=O)c1ccc(S(=O)(=O)C[C@](O)(C=Cc2ccc(C#N)c(Cl)c2)C(F)(F)F)cc1. The first-order valence-corrected chi connectivity index (χ1v) is 12.2. The van der Waals surface area contributed by atoms with Gasteiger partial charge in [0.1, 0.15) is 6.07 Å². The molecule has 12 heteroatoms. The van der Waals surface area contributed by atoms with Gasteiger partial charge in [-0.05, 0) is 48.0 Å². The Kier molecular flexibility index (Phi) is 6.92. The molecule has 0 radical (unpaired) electrons. The maximum absolute atomic E-state index is 13.6. The number of halogens is 4. The summed E-state index contributed by atoms with van der Waals surface area (Å²) in [6.07, 6.45) is -3.34. The van der Waals surface area contributed by atoms with Crippen LogP contribution in [0.5, 0.6) is 0 Å². The Balaban J connectivity index is 2.42. The molecule has 31 heavy (non-hydrogen) atoms. The molecule has 0 spiro atoms. The van der Waals surface area contributed by atoms with Crippen LogP contribution in [-0.2, 0) is 19.7 Å². The smallest absolute Gasteiger partial charge is 0.376 e. The van der Waals surface area contributed by atoms with Crippen LogP contribution in [0.4, 0.5) is 13.2 Å². The molecule has 2 rings (SSSR count). The van der Waals surface area contributed by atoms with Crippen molar-refractivity contribution in [2.75, 3.05) is 12.0 Å². The summed E-state index contributed by atoms with van der Waals surface area (Å²) in [6.45, 7) is 0. The standard InChI is InChI=1S/C19H15ClF3NO5S2/c1-30(26,27)15-4-6-16(7-5-15)31(28,29)12-18(25,19(21,22)23)9-8-13-2-3-14(11-24)17(20)10-13/h2-10,25H,12H2,1H3/t18-/m1/s1. The van der Waals surface area contributed by atoms with E-state index in [1.165, 1.54) is 18.2 Å². The minimum atomic E-state index is -5.35. The van der Waals surface area contributed by atoms with Crippen molar-refractivity contribution in [2.45, 2.75) is 21.6 Å². The highest BCUT2D eigenvalue weighted by atomic mass is 35.5. The predicted molar refractivity (Wildman–Crippen MR) is 108 cm³/mol. The van der Waals surface area contributed by atoms with E-state index in [4.69, 9.17) is 16.9 Å². The van der Waals surface area contributed by atoms with E-state index in [9.17, 15) is 35.1 Å². The molecule has 2 aromatic carbocycles. The number of hydrogen-bond donors (Lipinski definition) is 1. The molecular weight excluding hydrogens is 479 g/mol. The van der Waals surface area contributed by atoms with Crippen molar-refractivity contribution in [1.82, 2.24) is 0 Å². The van der Waals surface area contributed by atoms with Crippen LogP contribution in [0, 0.1) is 11.3 Å². The molecule has 0 unspecified atom stereocenters. The van der Waals surface area contributed by atoms with Crippen LogP contribution in [0.3, 0.4) is 0 Å². The molecule has 0 aliphatic carbocycles. The predicted octanol–water partition coefficient (Wildman–Crippen LogP) is 3.40. The fourth-order valence-corrected chi connectivity index (χ4v) is 4.87. The van der Waals surface area contributed by atoms with Crippen molar-refractivity contribution in [3.8, 4) is 6.07 Å². The second kappa shape index (κ2) is 8.63. The van der Waals surface area contributed by atoms with Crippen molar-refractivity contribution in [2.24, 2.45) is 0 Å². The van der Waals surface area contributed by atoms with Crippen molar-refractivity contribution in [3.05, 3.63) is 64.7 Å². The number of rotatable bonds is 6. The number of benzene rings is 2. The Labute approximate surface area is 182 Å². The van der Waals surface area contributed by atoms with Crippen LogP contribution in [0.15, 0.2) is 58.3 Å². The Morgan fingerprint density at radius 1 is 1.06 bits per heavy atom. The summed E-state index contributed by atoms with van der Waals surface area (Å²) in [4.78, 5) is -0.799. The van der Waals surface area contributed by atoms with E-state index in [0.717, 1.165) is 36.6 Å². The van der Waals surface area contributed by atoms with Gasteiger partial charge < -0.3 is 5.11 Å². The maximum atomic E-state index is 13.6. The molecule has 166 valence electrons. The van der Waals surface area contributed by atoms with E-state index in [-0.39, 0.29) is 27.1 Å². The normalized spacial score (nSPS) is 14.9. The van der Waals surface area contributed by atoms with E-state index < -0.39 is 42.1 Å². The lowest BCUT2D eigenvalue weighted by atomic mass is 10.0. The summed E-state index contributed by atoms with van der Waals surface area (Å²) in [5.41, 5.74) is -3.56. The molecule has 0 heterocycles. The van der Waals surface area contributed by atoms with E-state index in [1.54, 1.807) is 6.07 Å². The number of nitrogens with zero attached hydrogens (tertiary/aromatic N) is 1. The van der Waals surface area contributed by atoms with Gasteiger partial charge >= 0.3 is 6.18 Å². The summed E-state index contributed by atoms with van der Waals surface area (Å²) >= 11 is 5.82. The third kappa shape index (κ3) is 5.86. The fraction of sp³-hybridized carbons (Fsp3) is 0.211. The first-order valence-electron chi connectivity index (χ1n) is 8.30. The van der Waals surface area contributed by atoms with Gasteiger partial charge in [-0.15, -0.1) is 0 Å². The second-order valence-corrected chi connectivity index (χ2v) is 11.0. The lowest BCUT2D eigenvalue weighted by Crippen LogP contribution is -2.48. The summed E-state index contributed by atoms with van der Waals surface area (Å²) in [7, 11) is -8.31. The van der Waals surface area contributed by atoms with E-state index in [1.807, 2.05) is 0 Å². The lowest BCUT2D eigenvalue weighted by Gasteiger charge is -2.27. The average Bonchev–Trinajstić information content (AvgIpc) is 2.65. The summed E-state index contributed by atoms with van der Waals surface area (Å²) in [5, 5.41) is 19.0. The van der Waals surface area contributed by atoms with Crippen molar-refractivity contribution in [3.63, 3.8) is 0 Å². The molecule has 0 aromatic heterocycles. The number of sulfone groups is 2. The molecule has 0 saturated heterocycles. The molecule has 0 saturated carbocycles. The molecule has 6 nitrogen and oxygen atoms in total. The third-order valence-electron chi connectivity index (χ3n) is 4.18. The highest BCUT2D eigenvalue weighted by Gasteiger charge is 2.54. The van der Waals surface area contributed by atoms with Gasteiger partial charge in [0.05, 0.1) is 26.1 Å². The first-order chi connectivity index (χ1) is 14.1. The third-order valence-corrected chi connectivity index (χ3v) is 7.43. The largest absolute Gasteiger partial charge is 0.421 e. The van der Waals surface area contributed by atoms with E-state index >= 15 is 0 Å². The van der Waals surface area contributed by atoms with Gasteiger partial charge in [-0.1, -0.05) is 23.7 Å². The van der Waals surface area contributed by atoms with Gasteiger partial charge in [0.2, 0.25) is 0 Å². The molecule has 0 amide bonds. The Morgan fingerprint density at radius 2 is 1.61 bits per heavy atom. The topological polar surface area (TPSA) is 112 Å². The van der Waals surface area contributed by atoms with Gasteiger partial charge in [-0.3, -0.25) is 0 Å². The van der Waals surface area contributed by atoms with E-state index in [0.29, 0.717) is 0 Å². The van der Waals surface area contributed by atoms with Gasteiger partial charge in [0, 0.05) is 6.26 Å². The monoisotopic (exact) mass is 493 g/mol. The van der Waals surface area contributed by atoms with Crippen LogP contribution >= 0.6 is 11.6 Å². The maximum Gasteiger partial charge on any atom is 0.421 e. The fourth-order valence-electron chi connectivity index (χ4n) is 2.45. The van der Waals surface area contributed by atoms with Crippen LogP contribution in [0.1, 0.15) is 11.1 Å². The molecule has 0 fully saturated rings. The molecule has 0 aliphatic rings. The summed E-state index contributed by atoms with van der Waals surface area (Å²) < 4.78 is 88.6. The van der Waals surface area contributed by atoms with Crippen molar-refractivity contribution in [1.29, 1.82) is 5.26 Å². The Hall–Kier alpha value is -2.39. The van der Waals surface area contributed by atoms with Gasteiger partial charge in [0.25, 0.3) is 0 Å². The number of aliphatic hydroxyl groups is 1. The first kappa shape index (κ1) is 24.9. The van der Waals surface area contributed by atoms with E-state index in [2.05, 4.69) is 0 Å². The zero-order valence-electron chi connectivity index (χ0n) is 15.8. The zero-order chi connectivity index (χ0) is 23.7. The van der Waals surface area contributed by atoms with Gasteiger partial charge in [0.15, 0.2) is 25.3 Å². The van der Waals surface area contributed by atoms with Gasteiger partial charge in [-0.2, -0.15) is 18.4 Å². The number of nitriles is 1. The second-order valence-electron chi connectivity index (χ2n) is 6.61. The molecular formula is C19H15ClF3NO5S2. The van der Waals surface area contributed by atoms with Crippen LogP contribution in [-0.4, -0.2) is 45.7 Å². The highest BCUT2D eigenvalue weighted by molar-refractivity contribution is 7.91. The quantitative estimate of drug-likeness (QED) is 0.660. The molecule has 0 aliphatic heterocycles. The lowest BCUT2D eigenvalue weighted by molar-refractivity contribution is -0.230. The highest BCUT2D eigenvalue weighted by Crippen LogP contribution is 2.35. The average molecular weight is 494 g/mol. The number of alkyl halides is 3.